The SMILES string of the molecule is COC1=C(F)CC(N)(c2ccc(O[Si](C)(C)C(C)(C)C)cc2)C=C1F. The Labute approximate surface area is 149 Å². The number of methoxy groups -OCH3 is 1. The zero-order valence-electron chi connectivity index (χ0n) is 15.7. The van der Waals surface area contributed by atoms with Gasteiger partial charge in [0.2, 0.25) is 8.32 Å². The summed E-state index contributed by atoms with van der Waals surface area (Å²) in [6.07, 6.45) is 1.06. The molecule has 0 bridgehead atoms. The number of hydrogen-bond acceptors (Lipinski definition) is 3. The van der Waals surface area contributed by atoms with Gasteiger partial charge in [0.05, 0.1) is 12.6 Å². The molecule has 1 aliphatic carbocycles. The molecule has 0 aromatic heterocycles. The molecule has 0 amide bonds. The summed E-state index contributed by atoms with van der Waals surface area (Å²) >= 11 is 0. The molecule has 0 aliphatic heterocycles. The van der Waals surface area contributed by atoms with Gasteiger partial charge in [0.1, 0.15) is 11.6 Å². The molecule has 6 heteroatoms. The van der Waals surface area contributed by atoms with Gasteiger partial charge in [-0.25, -0.2) is 8.78 Å². The van der Waals surface area contributed by atoms with Crippen LogP contribution in [0.5, 0.6) is 5.75 Å². The van der Waals surface area contributed by atoms with Crippen molar-refractivity contribution in [2.24, 2.45) is 5.73 Å². The molecule has 1 aromatic carbocycles. The van der Waals surface area contributed by atoms with Crippen molar-refractivity contribution in [2.75, 3.05) is 7.11 Å². The maximum atomic E-state index is 14.1. The Bertz CT molecular complexity index is 705. The first-order valence-electron chi connectivity index (χ1n) is 8.29. The van der Waals surface area contributed by atoms with E-state index in [0.717, 1.165) is 5.75 Å². The third-order valence-corrected chi connectivity index (χ3v) is 9.43. The predicted octanol–water partition coefficient (Wildman–Crippen LogP) is 5.31. The van der Waals surface area contributed by atoms with Crippen LogP contribution in [-0.4, -0.2) is 15.4 Å². The molecule has 0 spiro atoms. The zero-order valence-corrected chi connectivity index (χ0v) is 16.7. The Morgan fingerprint density at radius 3 is 2.12 bits per heavy atom. The van der Waals surface area contributed by atoms with E-state index in [4.69, 9.17) is 14.9 Å². The van der Waals surface area contributed by atoms with Gasteiger partial charge in [-0.1, -0.05) is 32.9 Å². The molecule has 0 fully saturated rings. The molecule has 0 heterocycles. The van der Waals surface area contributed by atoms with E-state index >= 15 is 0 Å². The van der Waals surface area contributed by atoms with Crippen molar-refractivity contribution in [1.82, 2.24) is 0 Å². The smallest absolute Gasteiger partial charge is 0.250 e. The van der Waals surface area contributed by atoms with Crippen molar-refractivity contribution < 1.29 is 17.9 Å². The molecule has 2 N–H and O–H groups in total. The number of halogens is 2. The highest BCUT2D eigenvalue weighted by Gasteiger charge is 2.39. The normalized spacial score (nSPS) is 21.9. The molecule has 25 heavy (non-hydrogen) atoms. The number of hydrogen-bond donors (Lipinski definition) is 1. The summed E-state index contributed by atoms with van der Waals surface area (Å²) < 4.78 is 39.1. The monoisotopic (exact) mass is 367 g/mol. The van der Waals surface area contributed by atoms with Crippen molar-refractivity contribution in [1.29, 1.82) is 0 Å². The first-order chi connectivity index (χ1) is 11.4. The fourth-order valence-corrected chi connectivity index (χ4v) is 3.52. The highest BCUT2D eigenvalue weighted by molar-refractivity contribution is 6.74. The van der Waals surface area contributed by atoms with Gasteiger partial charge >= 0.3 is 0 Å². The molecule has 1 atom stereocenters. The van der Waals surface area contributed by atoms with Gasteiger partial charge in [0.15, 0.2) is 11.6 Å². The van der Waals surface area contributed by atoms with Crippen molar-refractivity contribution in [3.05, 3.63) is 53.3 Å². The van der Waals surface area contributed by atoms with Crippen molar-refractivity contribution in [3.63, 3.8) is 0 Å². The van der Waals surface area contributed by atoms with Crippen molar-refractivity contribution in [3.8, 4) is 5.75 Å². The van der Waals surface area contributed by atoms with Crippen LogP contribution in [0.25, 0.3) is 0 Å². The fourth-order valence-electron chi connectivity index (χ4n) is 2.48. The third kappa shape index (κ3) is 3.95. The number of benzene rings is 1. The lowest BCUT2D eigenvalue weighted by atomic mass is 9.83. The van der Waals surface area contributed by atoms with Crippen LogP contribution >= 0.6 is 0 Å². The third-order valence-electron chi connectivity index (χ3n) is 5.07. The van der Waals surface area contributed by atoms with Crippen LogP contribution in [0.3, 0.4) is 0 Å². The summed E-state index contributed by atoms with van der Waals surface area (Å²) in [6, 6.07) is 7.14. The van der Waals surface area contributed by atoms with Crippen molar-refractivity contribution >= 4 is 8.32 Å². The summed E-state index contributed by atoms with van der Waals surface area (Å²) in [5.41, 5.74) is 5.62. The largest absolute Gasteiger partial charge is 0.544 e. The molecule has 2 rings (SSSR count). The van der Waals surface area contributed by atoms with Crippen LogP contribution in [0.15, 0.2) is 47.8 Å². The molecular formula is C19H27F2NO2Si. The van der Waals surface area contributed by atoms with E-state index in [1.54, 1.807) is 12.1 Å². The standard InChI is InChI=1S/C19H27F2NO2Si/c1-18(2,3)25(5,6)24-14-9-7-13(8-10-14)19(22)11-15(20)17(23-4)16(21)12-19/h7-11H,12,22H2,1-6H3. The van der Waals surface area contributed by atoms with Gasteiger partial charge in [0, 0.05) is 6.42 Å². The number of ether oxygens (including phenoxy) is 1. The van der Waals surface area contributed by atoms with E-state index in [9.17, 15) is 8.78 Å². The second kappa shape index (κ2) is 6.57. The minimum absolute atomic E-state index is 0.0838. The van der Waals surface area contributed by atoms with E-state index in [0.29, 0.717) is 5.56 Å². The lowest BCUT2D eigenvalue weighted by Crippen LogP contribution is -2.43. The van der Waals surface area contributed by atoms with Crippen LogP contribution in [0.2, 0.25) is 18.1 Å². The van der Waals surface area contributed by atoms with Crippen LogP contribution in [0.1, 0.15) is 32.8 Å². The van der Waals surface area contributed by atoms with Crippen LogP contribution in [-0.2, 0) is 10.3 Å². The molecule has 0 saturated carbocycles. The van der Waals surface area contributed by atoms with Gasteiger partial charge in [0.25, 0.3) is 0 Å². The van der Waals surface area contributed by atoms with Crippen LogP contribution in [0, 0.1) is 0 Å². The Kier molecular flexibility index (Phi) is 5.17. The summed E-state index contributed by atoms with van der Waals surface area (Å²) in [5.74, 6) is -1.10. The first kappa shape index (κ1) is 19.7. The molecule has 138 valence electrons. The van der Waals surface area contributed by atoms with Gasteiger partial charge in [-0.2, -0.15) is 0 Å². The molecule has 1 aliphatic rings. The van der Waals surface area contributed by atoms with Gasteiger partial charge in [-0.05, 0) is 41.9 Å². The minimum atomic E-state index is -1.94. The Morgan fingerprint density at radius 2 is 1.68 bits per heavy atom. The highest BCUT2D eigenvalue weighted by atomic mass is 28.4. The maximum Gasteiger partial charge on any atom is 0.250 e. The Balaban J connectivity index is 2.25. The predicted molar refractivity (Wildman–Crippen MR) is 99.1 cm³/mol. The maximum absolute atomic E-state index is 14.1. The molecule has 0 saturated heterocycles. The molecule has 0 radical (unpaired) electrons. The Morgan fingerprint density at radius 1 is 1.12 bits per heavy atom. The summed E-state index contributed by atoms with van der Waals surface area (Å²) in [4.78, 5) is 0. The van der Waals surface area contributed by atoms with Crippen LogP contribution < -0.4 is 10.2 Å². The van der Waals surface area contributed by atoms with E-state index in [-0.39, 0.29) is 17.2 Å². The average molecular weight is 368 g/mol. The number of rotatable bonds is 4. The van der Waals surface area contributed by atoms with E-state index < -0.39 is 25.5 Å². The summed E-state index contributed by atoms with van der Waals surface area (Å²) in [6.45, 7) is 10.8. The second-order valence-electron chi connectivity index (χ2n) is 8.03. The summed E-state index contributed by atoms with van der Waals surface area (Å²) in [5, 5.41) is 0.0838. The molecule has 1 unspecified atom stereocenters. The molecule has 1 aromatic rings. The zero-order chi connectivity index (χ0) is 19.0. The lowest BCUT2D eigenvalue weighted by Gasteiger charge is -2.36. The first-order valence-corrected chi connectivity index (χ1v) is 11.2. The van der Waals surface area contributed by atoms with Gasteiger partial charge in [-0.15, -0.1) is 0 Å². The minimum Gasteiger partial charge on any atom is -0.544 e. The second-order valence-corrected chi connectivity index (χ2v) is 12.8. The fraction of sp³-hybridized carbons (Fsp3) is 0.474. The number of nitrogens with two attached hydrogens (primary N) is 1. The average Bonchev–Trinajstić information content (AvgIpc) is 2.45. The van der Waals surface area contributed by atoms with E-state index in [2.05, 4.69) is 33.9 Å². The molecule has 3 nitrogen and oxygen atoms in total. The lowest BCUT2D eigenvalue weighted by molar-refractivity contribution is 0.250. The topological polar surface area (TPSA) is 44.5 Å². The highest BCUT2D eigenvalue weighted by Crippen LogP contribution is 2.40. The Hall–Kier alpha value is -1.66. The summed E-state index contributed by atoms with van der Waals surface area (Å²) in [7, 11) is -0.710. The van der Waals surface area contributed by atoms with E-state index in [1.165, 1.54) is 13.2 Å². The van der Waals surface area contributed by atoms with Crippen LogP contribution in [0.4, 0.5) is 8.78 Å². The van der Waals surface area contributed by atoms with Gasteiger partial charge in [-0.3, -0.25) is 0 Å². The van der Waals surface area contributed by atoms with Crippen molar-refractivity contribution in [2.45, 2.75) is 50.9 Å². The van der Waals surface area contributed by atoms with E-state index in [1.807, 2.05) is 12.1 Å². The van der Waals surface area contributed by atoms with Gasteiger partial charge < -0.3 is 14.9 Å². The number of allylic oxidation sites excluding steroid dienone is 1. The molecular weight excluding hydrogens is 340 g/mol. The quantitative estimate of drug-likeness (QED) is 0.734.